The zero-order valence-corrected chi connectivity index (χ0v) is 17.4. The normalized spacial score (nSPS) is 21.9. The Morgan fingerprint density at radius 2 is 2.00 bits per heavy atom. The number of pyridine rings is 1. The number of aromatic nitrogens is 1. The third-order valence-electron chi connectivity index (χ3n) is 6.19. The lowest BCUT2D eigenvalue weighted by atomic mass is 9.94. The Morgan fingerprint density at radius 1 is 1.24 bits per heavy atom. The fraction of sp³-hybridized carbons (Fsp3) is 0.545. The number of nitrogens with one attached hydrogen (secondary N) is 1. The van der Waals surface area contributed by atoms with E-state index < -0.39 is 5.60 Å². The Morgan fingerprint density at radius 3 is 2.69 bits per heavy atom. The Bertz CT molecular complexity index is 896. The summed E-state index contributed by atoms with van der Waals surface area (Å²) in [7, 11) is 0. The quantitative estimate of drug-likeness (QED) is 0.665. The van der Waals surface area contributed by atoms with Crippen LogP contribution in [0.25, 0.3) is 10.9 Å². The smallest absolute Gasteiger partial charge is 0.253 e. The van der Waals surface area contributed by atoms with Gasteiger partial charge in [0, 0.05) is 31.1 Å². The van der Waals surface area contributed by atoms with E-state index in [4.69, 9.17) is 22.3 Å². The first-order valence-electron chi connectivity index (χ1n) is 10.6. The lowest BCUT2D eigenvalue weighted by Gasteiger charge is -2.27. The number of hydrogen-bond donors (Lipinski definition) is 3. The fourth-order valence-corrected chi connectivity index (χ4v) is 4.72. The summed E-state index contributed by atoms with van der Waals surface area (Å²) in [6.45, 7) is 1.92. The average Bonchev–Trinajstić information content (AvgIpc) is 3.03. The molecule has 2 fully saturated rings. The molecule has 1 atom stereocenters. The lowest BCUT2D eigenvalue weighted by Crippen LogP contribution is -2.42. The first-order valence-corrected chi connectivity index (χ1v) is 10.9. The van der Waals surface area contributed by atoms with Gasteiger partial charge in [-0.3, -0.25) is 4.79 Å². The van der Waals surface area contributed by atoms with E-state index in [-0.39, 0.29) is 18.5 Å². The van der Waals surface area contributed by atoms with Gasteiger partial charge in [0.25, 0.3) is 5.91 Å². The van der Waals surface area contributed by atoms with Crippen molar-refractivity contribution in [3.8, 4) is 0 Å². The van der Waals surface area contributed by atoms with Crippen molar-refractivity contribution in [1.82, 2.24) is 10.3 Å². The van der Waals surface area contributed by atoms with E-state index in [0.717, 1.165) is 74.8 Å². The summed E-state index contributed by atoms with van der Waals surface area (Å²) in [6, 6.07) is 7.56. The van der Waals surface area contributed by atoms with Crippen molar-refractivity contribution in [3.05, 3.63) is 34.9 Å². The summed E-state index contributed by atoms with van der Waals surface area (Å²) in [6.07, 6.45) is 6.67. The van der Waals surface area contributed by atoms with E-state index in [1.54, 1.807) is 6.07 Å². The molecule has 29 heavy (non-hydrogen) atoms. The first-order chi connectivity index (χ1) is 14.0. The number of benzene rings is 1. The van der Waals surface area contributed by atoms with E-state index in [1.165, 1.54) is 0 Å². The molecular formula is C22H29ClN4O2. The van der Waals surface area contributed by atoms with Gasteiger partial charge in [0.2, 0.25) is 0 Å². The monoisotopic (exact) mass is 416 g/mol. The standard InChI is InChI=1S/C22H29ClN4O2/c23-17-6-7-18-16(5-8-19(26-18)27-12-9-15(24)13-27)20(17)21(28)25-14-22(29)10-3-1-2-4-11-22/h5-8,15,29H,1-4,9-14,24H2,(H,25,28)/t15-/m0/s1. The van der Waals surface area contributed by atoms with Gasteiger partial charge in [-0.05, 0) is 43.5 Å². The second-order valence-corrected chi connectivity index (χ2v) is 8.88. The molecule has 1 aromatic carbocycles. The maximum atomic E-state index is 13.0. The van der Waals surface area contributed by atoms with Crippen LogP contribution < -0.4 is 16.0 Å². The van der Waals surface area contributed by atoms with Crippen molar-refractivity contribution in [3.63, 3.8) is 0 Å². The van der Waals surface area contributed by atoms with Crippen LogP contribution >= 0.6 is 11.6 Å². The Kier molecular flexibility index (Phi) is 5.95. The molecule has 0 unspecified atom stereocenters. The van der Waals surface area contributed by atoms with Crippen LogP contribution in [0.3, 0.4) is 0 Å². The largest absolute Gasteiger partial charge is 0.388 e. The van der Waals surface area contributed by atoms with Crippen LogP contribution in [-0.2, 0) is 0 Å². The number of aliphatic hydroxyl groups is 1. The molecule has 1 saturated heterocycles. The number of carbonyl (C=O) groups is 1. The van der Waals surface area contributed by atoms with Crippen LogP contribution in [0.15, 0.2) is 24.3 Å². The fourth-order valence-electron chi connectivity index (χ4n) is 4.47. The molecule has 1 aromatic heterocycles. The third-order valence-corrected chi connectivity index (χ3v) is 6.51. The molecule has 7 heteroatoms. The van der Waals surface area contributed by atoms with Crippen molar-refractivity contribution in [1.29, 1.82) is 0 Å². The second kappa shape index (κ2) is 8.46. The Balaban J connectivity index is 1.55. The summed E-state index contributed by atoms with van der Waals surface area (Å²) in [5, 5.41) is 14.9. The average molecular weight is 417 g/mol. The summed E-state index contributed by atoms with van der Waals surface area (Å²) in [4.78, 5) is 19.9. The van der Waals surface area contributed by atoms with E-state index in [9.17, 15) is 9.90 Å². The topological polar surface area (TPSA) is 91.5 Å². The van der Waals surface area contributed by atoms with Crippen molar-refractivity contribution >= 4 is 34.2 Å². The van der Waals surface area contributed by atoms with Gasteiger partial charge in [-0.15, -0.1) is 0 Å². The van der Waals surface area contributed by atoms with Crippen LogP contribution in [0.5, 0.6) is 0 Å². The highest BCUT2D eigenvalue weighted by Gasteiger charge is 2.29. The molecule has 0 spiro atoms. The lowest BCUT2D eigenvalue weighted by molar-refractivity contribution is 0.0247. The molecule has 2 heterocycles. The van der Waals surface area contributed by atoms with Crippen molar-refractivity contribution < 1.29 is 9.90 Å². The van der Waals surface area contributed by atoms with Crippen LogP contribution in [-0.4, -0.2) is 47.3 Å². The predicted molar refractivity (Wildman–Crippen MR) is 117 cm³/mol. The van der Waals surface area contributed by atoms with Crippen LogP contribution in [0.4, 0.5) is 5.82 Å². The summed E-state index contributed by atoms with van der Waals surface area (Å²) in [5.74, 6) is 0.600. The van der Waals surface area contributed by atoms with E-state index in [0.29, 0.717) is 10.6 Å². The Labute approximate surface area is 176 Å². The minimum atomic E-state index is -0.830. The molecule has 1 saturated carbocycles. The van der Waals surface area contributed by atoms with E-state index in [2.05, 4.69) is 10.2 Å². The summed E-state index contributed by atoms with van der Waals surface area (Å²) >= 11 is 6.39. The molecule has 0 radical (unpaired) electrons. The first kappa shape index (κ1) is 20.4. The number of hydrogen-bond acceptors (Lipinski definition) is 5. The number of anilines is 1. The molecule has 1 aliphatic carbocycles. The number of fused-ring (bicyclic) bond motifs is 1. The molecule has 4 N–H and O–H groups in total. The number of halogens is 1. The summed E-state index contributed by atoms with van der Waals surface area (Å²) in [5.41, 5.74) is 6.33. The van der Waals surface area contributed by atoms with Gasteiger partial charge in [0.1, 0.15) is 5.82 Å². The van der Waals surface area contributed by atoms with E-state index >= 15 is 0 Å². The number of carbonyl (C=O) groups excluding carboxylic acids is 1. The molecule has 2 aliphatic rings. The highest BCUT2D eigenvalue weighted by atomic mass is 35.5. The van der Waals surface area contributed by atoms with Gasteiger partial charge < -0.3 is 21.1 Å². The molecule has 6 nitrogen and oxygen atoms in total. The van der Waals surface area contributed by atoms with Gasteiger partial charge in [-0.1, -0.05) is 37.3 Å². The zero-order chi connectivity index (χ0) is 20.4. The maximum absolute atomic E-state index is 13.0. The predicted octanol–water partition coefficient (Wildman–Crippen LogP) is 3.24. The zero-order valence-electron chi connectivity index (χ0n) is 16.7. The van der Waals surface area contributed by atoms with Gasteiger partial charge in [0.15, 0.2) is 0 Å². The molecule has 2 aromatic rings. The number of amides is 1. The third kappa shape index (κ3) is 4.49. The minimum absolute atomic E-state index is 0.175. The van der Waals surface area contributed by atoms with Gasteiger partial charge in [-0.2, -0.15) is 0 Å². The second-order valence-electron chi connectivity index (χ2n) is 8.47. The van der Waals surface area contributed by atoms with Gasteiger partial charge in [0.05, 0.1) is 21.7 Å². The van der Waals surface area contributed by atoms with Gasteiger partial charge >= 0.3 is 0 Å². The number of nitrogens with zero attached hydrogens (tertiary/aromatic N) is 2. The number of rotatable bonds is 4. The van der Waals surface area contributed by atoms with Crippen molar-refractivity contribution in [2.45, 2.75) is 56.6 Å². The van der Waals surface area contributed by atoms with Crippen LogP contribution in [0.1, 0.15) is 55.3 Å². The van der Waals surface area contributed by atoms with Crippen molar-refractivity contribution in [2.75, 3.05) is 24.5 Å². The van der Waals surface area contributed by atoms with Crippen LogP contribution in [0, 0.1) is 0 Å². The molecule has 0 bridgehead atoms. The van der Waals surface area contributed by atoms with Crippen molar-refractivity contribution in [2.24, 2.45) is 5.73 Å². The number of nitrogens with two attached hydrogens (primary N) is 1. The SMILES string of the molecule is N[C@H]1CCN(c2ccc3c(C(=O)NCC4(O)CCCCCC4)c(Cl)ccc3n2)C1. The molecule has 156 valence electrons. The molecule has 4 rings (SSSR count). The highest BCUT2D eigenvalue weighted by Crippen LogP contribution is 2.29. The molecule has 1 amide bonds. The minimum Gasteiger partial charge on any atom is -0.388 e. The van der Waals surface area contributed by atoms with Crippen LogP contribution in [0.2, 0.25) is 5.02 Å². The Hall–Kier alpha value is -1.89. The molecular weight excluding hydrogens is 388 g/mol. The maximum Gasteiger partial charge on any atom is 0.253 e. The van der Waals surface area contributed by atoms with Gasteiger partial charge in [-0.25, -0.2) is 4.98 Å². The highest BCUT2D eigenvalue weighted by molar-refractivity contribution is 6.35. The van der Waals surface area contributed by atoms with E-state index in [1.807, 2.05) is 18.2 Å². The molecule has 1 aliphatic heterocycles. The summed E-state index contributed by atoms with van der Waals surface area (Å²) < 4.78 is 0.